The van der Waals surface area contributed by atoms with E-state index in [2.05, 4.69) is 11.4 Å². The van der Waals surface area contributed by atoms with Crippen molar-refractivity contribution in [3.8, 4) is 0 Å². The molecule has 0 spiro atoms. The number of rotatable bonds is 8. The highest BCUT2D eigenvalue weighted by atomic mass is 32.1. The predicted octanol–water partition coefficient (Wildman–Crippen LogP) is 1.39. The monoisotopic (exact) mass is 380 g/mol. The number of amides is 2. The molecule has 0 radical (unpaired) electrons. The van der Waals surface area contributed by atoms with Gasteiger partial charge < -0.3 is 19.6 Å². The number of hydrogen-bond donors (Lipinski definition) is 1. The fraction of sp³-hybridized carbons (Fsp3) is 0.684. The van der Waals surface area contributed by atoms with Crippen molar-refractivity contribution in [2.45, 2.75) is 26.2 Å². The van der Waals surface area contributed by atoms with Crippen molar-refractivity contribution in [2.75, 3.05) is 46.0 Å². The summed E-state index contributed by atoms with van der Waals surface area (Å²) in [5, 5.41) is 12.1. The number of thiophene rings is 1. The quantitative estimate of drug-likeness (QED) is 0.740. The number of likely N-dealkylation sites (tertiary alicyclic amines) is 2. The lowest BCUT2D eigenvalue weighted by Crippen LogP contribution is -2.41. The molecule has 0 saturated carbocycles. The number of ether oxygens (including phenoxy) is 1. The highest BCUT2D eigenvalue weighted by molar-refractivity contribution is 7.09. The summed E-state index contributed by atoms with van der Waals surface area (Å²) in [4.78, 5) is 29.8. The molecule has 2 aliphatic rings. The van der Waals surface area contributed by atoms with Crippen molar-refractivity contribution in [1.82, 2.24) is 9.80 Å². The highest BCUT2D eigenvalue weighted by Gasteiger charge is 2.53. The molecule has 7 heteroatoms. The van der Waals surface area contributed by atoms with Gasteiger partial charge in [-0.2, -0.15) is 0 Å². The maximum atomic E-state index is 12.6. The summed E-state index contributed by atoms with van der Waals surface area (Å²) >= 11 is 1.73. The van der Waals surface area contributed by atoms with E-state index in [4.69, 9.17) is 4.74 Å². The summed E-state index contributed by atoms with van der Waals surface area (Å²) in [5.74, 6) is 0.290. The molecule has 2 saturated heterocycles. The second-order valence-electron chi connectivity index (χ2n) is 7.34. The second-order valence-corrected chi connectivity index (χ2v) is 8.37. The van der Waals surface area contributed by atoms with Crippen LogP contribution >= 0.6 is 11.3 Å². The van der Waals surface area contributed by atoms with E-state index in [0.29, 0.717) is 39.2 Å². The van der Waals surface area contributed by atoms with Gasteiger partial charge in [0.15, 0.2) is 0 Å². The molecule has 6 nitrogen and oxygen atoms in total. The van der Waals surface area contributed by atoms with Gasteiger partial charge in [-0.25, -0.2) is 0 Å². The summed E-state index contributed by atoms with van der Waals surface area (Å²) in [6.07, 6.45) is 2.33. The van der Waals surface area contributed by atoms with Gasteiger partial charge in [-0.05, 0) is 31.2 Å². The maximum Gasteiger partial charge on any atom is 0.248 e. The van der Waals surface area contributed by atoms with E-state index >= 15 is 0 Å². The van der Waals surface area contributed by atoms with Crippen LogP contribution in [0.4, 0.5) is 0 Å². The zero-order valence-electron chi connectivity index (χ0n) is 15.4. The van der Waals surface area contributed by atoms with Gasteiger partial charge in [0.05, 0.1) is 6.61 Å². The van der Waals surface area contributed by atoms with Crippen LogP contribution in [-0.4, -0.2) is 72.7 Å². The van der Waals surface area contributed by atoms with Crippen LogP contribution in [-0.2, 0) is 20.7 Å². The van der Waals surface area contributed by atoms with Crippen molar-refractivity contribution in [3.63, 3.8) is 0 Å². The number of nitrogens with zero attached hydrogens (tertiary/aromatic N) is 2. The van der Waals surface area contributed by atoms with Gasteiger partial charge in [0.2, 0.25) is 11.8 Å². The normalized spacial score (nSPS) is 24.9. The van der Waals surface area contributed by atoms with Crippen molar-refractivity contribution in [3.05, 3.63) is 22.4 Å². The van der Waals surface area contributed by atoms with Crippen LogP contribution in [0.3, 0.4) is 0 Å². The summed E-state index contributed by atoms with van der Waals surface area (Å²) < 4.78 is 5.21. The van der Waals surface area contributed by atoms with Gasteiger partial charge in [-0.15, -0.1) is 11.3 Å². The molecular formula is C19H28N2O4S. The molecule has 2 fully saturated rings. The first kappa shape index (κ1) is 19.3. The van der Waals surface area contributed by atoms with Crippen LogP contribution in [0.5, 0.6) is 0 Å². The summed E-state index contributed by atoms with van der Waals surface area (Å²) in [5.41, 5.74) is -0.370. The van der Waals surface area contributed by atoms with Crippen molar-refractivity contribution >= 4 is 23.2 Å². The van der Waals surface area contributed by atoms with E-state index in [9.17, 15) is 14.7 Å². The molecule has 26 heavy (non-hydrogen) atoms. The fourth-order valence-electron chi connectivity index (χ4n) is 4.09. The Morgan fingerprint density at radius 2 is 2.04 bits per heavy atom. The first-order valence-corrected chi connectivity index (χ1v) is 10.2. The molecule has 2 aliphatic heterocycles. The molecule has 0 unspecified atom stereocenters. The molecule has 3 rings (SSSR count). The lowest BCUT2D eigenvalue weighted by molar-refractivity contribution is -0.136. The number of hydrogen-bond acceptors (Lipinski definition) is 5. The molecule has 0 aliphatic carbocycles. The van der Waals surface area contributed by atoms with Gasteiger partial charge in [-0.3, -0.25) is 9.59 Å². The largest absolute Gasteiger partial charge is 0.396 e. The molecule has 1 N–H and O–H groups in total. The Morgan fingerprint density at radius 3 is 2.62 bits per heavy atom. The smallest absolute Gasteiger partial charge is 0.248 e. The minimum atomic E-state index is -0.370. The van der Waals surface area contributed by atoms with E-state index in [1.54, 1.807) is 16.2 Å². The Labute approximate surface area is 158 Å². The minimum Gasteiger partial charge on any atom is -0.396 e. The average molecular weight is 381 g/mol. The van der Waals surface area contributed by atoms with E-state index in [1.807, 2.05) is 17.9 Å². The van der Waals surface area contributed by atoms with Crippen molar-refractivity contribution in [1.29, 1.82) is 0 Å². The Balaban J connectivity index is 1.50. The molecule has 0 aromatic carbocycles. The van der Waals surface area contributed by atoms with E-state index in [1.165, 1.54) is 4.88 Å². The first-order valence-electron chi connectivity index (χ1n) is 9.34. The molecule has 144 valence electrons. The first-order chi connectivity index (χ1) is 12.6. The maximum absolute atomic E-state index is 12.6. The molecule has 0 bridgehead atoms. The molecule has 1 aromatic rings. The van der Waals surface area contributed by atoms with Gasteiger partial charge in [0.25, 0.3) is 0 Å². The van der Waals surface area contributed by atoms with Crippen LogP contribution in [0.2, 0.25) is 0 Å². The number of aryl methyl sites for hydroxylation is 1. The van der Waals surface area contributed by atoms with Crippen LogP contribution in [0, 0.1) is 11.3 Å². The molecule has 2 atom stereocenters. The van der Waals surface area contributed by atoms with Crippen molar-refractivity contribution < 1.29 is 19.4 Å². The third-order valence-corrected chi connectivity index (χ3v) is 6.54. The van der Waals surface area contributed by atoms with E-state index < -0.39 is 0 Å². The average Bonchev–Trinajstić information content (AvgIpc) is 3.33. The fourth-order valence-corrected chi connectivity index (χ4v) is 4.84. The third-order valence-electron chi connectivity index (χ3n) is 5.60. The zero-order chi connectivity index (χ0) is 18.6. The van der Waals surface area contributed by atoms with E-state index in [0.717, 1.165) is 12.8 Å². The van der Waals surface area contributed by atoms with Gasteiger partial charge in [0.1, 0.15) is 6.61 Å². The number of fused-ring (bicyclic) bond motifs is 1. The number of carbonyl (C=O) groups excluding carboxylic acids is 2. The van der Waals surface area contributed by atoms with Crippen LogP contribution in [0.1, 0.15) is 24.6 Å². The summed E-state index contributed by atoms with van der Waals surface area (Å²) in [6.45, 7) is 4.78. The van der Waals surface area contributed by atoms with Crippen LogP contribution in [0.15, 0.2) is 17.5 Å². The number of aliphatic hydroxyl groups excluding tert-OH is 1. The SMILES string of the molecule is CCOCC(=O)N1C[C@@H]2CN(C(=O)CCCc3cccs3)C[C@]2(CO)C1. The highest BCUT2D eigenvalue weighted by Crippen LogP contribution is 2.42. The van der Waals surface area contributed by atoms with Crippen molar-refractivity contribution in [2.24, 2.45) is 11.3 Å². The molecular weight excluding hydrogens is 352 g/mol. The predicted molar refractivity (Wildman–Crippen MR) is 99.9 cm³/mol. The van der Waals surface area contributed by atoms with Gasteiger partial charge in [0, 0.05) is 55.4 Å². The second kappa shape index (κ2) is 8.50. The third kappa shape index (κ3) is 4.10. The topological polar surface area (TPSA) is 70.1 Å². The minimum absolute atomic E-state index is 0.00899. The molecule has 3 heterocycles. The standard InChI is InChI=1S/C19H28N2O4S/c1-2-25-11-18(24)21-10-15-9-20(12-19(15,13-21)14-22)17(23)7-3-5-16-6-4-8-26-16/h4,6,8,15,22H,2-3,5,7,9-14H2,1H3/t15-,19+/m0/s1. The molecule has 2 amide bonds. The Bertz CT molecular complexity index is 621. The summed E-state index contributed by atoms with van der Waals surface area (Å²) in [6, 6.07) is 4.14. The molecule has 1 aromatic heterocycles. The zero-order valence-corrected chi connectivity index (χ0v) is 16.2. The van der Waals surface area contributed by atoms with Crippen LogP contribution in [0.25, 0.3) is 0 Å². The lowest BCUT2D eigenvalue weighted by atomic mass is 9.82. The van der Waals surface area contributed by atoms with E-state index in [-0.39, 0.29) is 36.4 Å². The Morgan fingerprint density at radius 1 is 1.31 bits per heavy atom. The van der Waals surface area contributed by atoms with Gasteiger partial charge >= 0.3 is 0 Å². The summed E-state index contributed by atoms with van der Waals surface area (Å²) in [7, 11) is 0. The van der Waals surface area contributed by atoms with Crippen LogP contribution < -0.4 is 0 Å². The number of aliphatic hydroxyl groups is 1. The Hall–Kier alpha value is -1.44. The Kier molecular flexibility index (Phi) is 6.32. The lowest BCUT2D eigenvalue weighted by Gasteiger charge is -2.27. The number of carbonyl (C=O) groups is 2. The van der Waals surface area contributed by atoms with Gasteiger partial charge in [-0.1, -0.05) is 6.07 Å².